The molecular weight excluding hydrogens is 376 g/mol. The highest BCUT2D eigenvalue weighted by molar-refractivity contribution is 14.1. The topological polar surface area (TPSA) is 57.6 Å². The van der Waals surface area contributed by atoms with Crippen LogP contribution in [0.15, 0.2) is 18.2 Å². The molecule has 1 saturated heterocycles. The lowest BCUT2D eigenvalue weighted by Crippen LogP contribution is -2.45. The summed E-state index contributed by atoms with van der Waals surface area (Å²) in [4.78, 5) is 25.0. The van der Waals surface area contributed by atoms with E-state index in [4.69, 9.17) is 5.11 Å². The van der Waals surface area contributed by atoms with Crippen molar-refractivity contribution >= 4 is 34.5 Å². The number of hydrogen-bond donors (Lipinski definition) is 1. The number of carbonyl (C=O) groups excluding carboxylic acids is 1. The monoisotopic (exact) mass is 391 g/mol. The first-order valence-electron chi connectivity index (χ1n) is 6.35. The average Bonchev–Trinajstić information content (AvgIpc) is 2.40. The lowest BCUT2D eigenvalue weighted by atomic mass is 9.90. The summed E-state index contributed by atoms with van der Waals surface area (Å²) in [6.07, 6.45) is 0.570. The van der Waals surface area contributed by atoms with Crippen LogP contribution in [0.1, 0.15) is 23.7 Å². The van der Waals surface area contributed by atoms with Crippen LogP contribution in [0, 0.1) is 21.2 Å². The van der Waals surface area contributed by atoms with Crippen LogP contribution >= 0.6 is 22.6 Å². The molecule has 108 valence electrons. The molecular formula is C14H15FINO3. The van der Waals surface area contributed by atoms with Crippen molar-refractivity contribution in [3.8, 4) is 0 Å². The molecule has 1 aliphatic heterocycles. The number of likely N-dealkylation sites (tertiary alicyclic amines) is 1. The number of aliphatic carboxylic acids is 1. The molecule has 0 spiro atoms. The second-order valence-corrected chi connectivity index (χ2v) is 6.38. The quantitative estimate of drug-likeness (QED) is 0.789. The van der Waals surface area contributed by atoms with Crippen LogP contribution in [-0.2, 0) is 4.79 Å². The van der Waals surface area contributed by atoms with Crippen LogP contribution < -0.4 is 0 Å². The molecule has 6 heteroatoms. The van der Waals surface area contributed by atoms with Gasteiger partial charge in [0.1, 0.15) is 5.82 Å². The Morgan fingerprint density at radius 3 is 2.70 bits per heavy atom. The van der Waals surface area contributed by atoms with Crippen LogP contribution in [0.4, 0.5) is 4.39 Å². The van der Waals surface area contributed by atoms with Gasteiger partial charge < -0.3 is 10.0 Å². The van der Waals surface area contributed by atoms with Crippen molar-refractivity contribution in [3.05, 3.63) is 33.1 Å². The molecule has 1 aromatic carbocycles. The van der Waals surface area contributed by atoms with Gasteiger partial charge in [-0.2, -0.15) is 0 Å². The summed E-state index contributed by atoms with van der Waals surface area (Å²) in [7, 11) is 0. The van der Waals surface area contributed by atoms with Crippen LogP contribution in [0.3, 0.4) is 0 Å². The molecule has 20 heavy (non-hydrogen) atoms. The normalized spacial score (nSPS) is 22.6. The fourth-order valence-corrected chi connectivity index (χ4v) is 2.84. The first kappa shape index (κ1) is 15.2. The summed E-state index contributed by atoms with van der Waals surface area (Å²) in [5.74, 6) is -2.04. The minimum atomic E-state index is -0.886. The smallest absolute Gasteiger partial charge is 0.308 e. The van der Waals surface area contributed by atoms with Crippen molar-refractivity contribution < 1.29 is 19.1 Å². The van der Waals surface area contributed by atoms with Gasteiger partial charge >= 0.3 is 5.97 Å². The first-order valence-corrected chi connectivity index (χ1v) is 7.43. The largest absolute Gasteiger partial charge is 0.481 e. The first-order chi connectivity index (χ1) is 9.38. The summed E-state index contributed by atoms with van der Waals surface area (Å²) in [5, 5.41) is 9.11. The molecule has 4 nitrogen and oxygen atoms in total. The van der Waals surface area contributed by atoms with Gasteiger partial charge in [0.2, 0.25) is 0 Å². The molecule has 2 unspecified atom stereocenters. The highest BCUT2D eigenvalue weighted by Gasteiger charge is 2.32. The van der Waals surface area contributed by atoms with E-state index in [1.54, 1.807) is 12.1 Å². The van der Waals surface area contributed by atoms with E-state index in [1.807, 2.05) is 29.5 Å². The van der Waals surface area contributed by atoms with Crippen molar-refractivity contribution in [3.63, 3.8) is 0 Å². The van der Waals surface area contributed by atoms with Gasteiger partial charge in [0, 0.05) is 22.2 Å². The van der Waals surface area contributed by atoms with Crippen LogP contribution in [0.5, 0.6) is 0 Å². The lowest BCUT2D eigenvalue weighted by Gasteiger charge is -2.34. The standard InChI is InChI=1S/C14H15FINO3/c1-8-4-10(14(19)20)7-17(6-8)13(18)9-2-3-12(16)11(15)5-9/h2-3,5,8,10H,4,6-7H2,1H3,(H,19,20). The van der Waals surface area contributed by atoms with Crippen molar-refractivity contribution in [2.45, 2.75) is 13.3 Å². The van der Waals surface area contributed by atoms with Gasteiger partial charge in [-0.3, -0.25) is 9.59 Å². The summed E-state index contributed by atoms with van der Waals surface area (Å²) in [6, 6.07) is 4.33. The Morgan fingerprint density at radius 1 is 1.40 bits per heavy atom. The van der Waals surface area contributed by atoms with Gasteiger partial charge in [-0.1, -0.05) is 6.92 Å². The second-order valence-electron chi connectivity index (χ2n) is 5.22. The van der Waals surface area contributed by atoms with Gasteiger partial charge in [0.05, 0.1) is 5.92 Å². The van der Waals surface area contributed by atoms with E-state index >= 15 is 0 Å². The number of halogens is 2. The second kappa shape index (κ2) is 6.07. The highest BCUT2D eigenvalue weighted by Crippen LogP contribution is 2.24. The molecule has 1 heterocycles. The maximum atomic E-state index is 13.5. The minimum Gasteiger partial charge on any atom is -0.481 e. The maximum absolute atomic E-state index is 13.5. The Kier molecular flexibility index (Phi) is 4.62. The number of rotatable bonds is 2. The summed E-state index contributed by atoms with van der Waals surface area (Å²) in [5.41, 5.74) is 0.265. The molecule has 0 aliphatic carbocycles. The van der Waals surface area contributed by atoms with E-state index in [1.165, 1.54) is 11.0 Å². The van der Waals surface area contributed by atoms with Crippen LogP contribution in [0.25, 0.3) is 0 Å². The SMILES string of the molecule is CC1CC(C(=O)O)CN(C(=O)c2ccc(I)c(F)c2)C1. The van der Waals surface area contributed by atoms with Gasteiger partial charge in [-0.05, 0) is 53.1 Å². The third-order valence-corrected chi connectivity index (χ3v) is 4.34. The average molecular weight is 391 g/mol. The van der Waals surface area contributed by atoms with Crippen molar-refractivity contribution in [2.75, 3.05) is 13.1 Å². The van der Waals surface area contributed by atoms with Gasteiger partial charge in [-0.25, -0.2) is 4.39 Å². The molecule has 1 amide bonds. The summed E-state index contributed by atoms with van der Waals surface area (Å²) < 4.78 is 14.0. The van der Waals surface area contributed by atoms with Crippen LogP contribution in [0.2, 0.25) is 0 Å². The Hall–Kier alpha value is -1.18. The molecule has 0 radical (unpaired) electrons. The number of carbonyl (C=O) groups is 2. The minimum absolute atomic E-state index is 0.127. The zero-order valence-electron chi connectivity index (χ0n) is 11.0. The Morgan fingerprint density at radius 2 is 2.10 bits per heavy atom. The van der Waals surface area contributed by atoms with E-state index < -0.39 is 17.7 Å². The van der Waals surface area contributed by atoms with E-state index in [-0.39, 0.29) is 23.9 Å². The maximum Gasteiger partial charge on any atom is 0.308 e. The van der Waals surface area contributed by atoms with Gasteiger partial charge in [0.25, 0.3) is 5.91 Å². The Labute approximate surface area is 130 Å². The number of benzene rings is 1. The van der Waals surface area contributed by atoms with Crippen molar-refractivity contribution in [1.82, 2.24) is 4.90 Å². The fourth-order valence-electron chi connectivity index (χ4n) is 2.51. The third kappa shape index (κ3) is 3.28. The number of carboxylic acids is 1. The summed E-state index contributed by atoms with van der Waals surface area (Å²) in [6.45, 7) is 2.62. The lowest BCUT2D eigenvalue weighted by molar-refractivity contribution is -0.143. The number of carboxylic acid groups (broad SMARTS) is 1. The highest BCUT2D eigenvalue weighted by atomic mass is 127. The number of piperidine rings is 1. The molecule has 0 bridgehead atoms. The van der Waals surface area contributed by atoms with Crippen molar-refractivity contribution in [1.29, 1.82) is 0 Å². The molecule has 2 rings (SSSR count). The van der Waals surface area contributed by atoms with Crippen molar-refractivity contribution in [2.24, 2.45) is 11.8 Å². The molecule has 1 aliphatic rings. The Bertz CT molecular complexity index is 549. The Balaban J connectivity index is 2.19. The molecule has 1 N–H and O–H groups in total. The third-order valence-electron chi connectivity index (χ3n) is 3.46. The molecule has 2 atom stereocenters. The van der Waals surface area contributed by atoms with E-state index in [9.17, 15) is 14.0 Å². The molecule has 0 saturated carbocycles. The predicted octanol–water partition coefficient (Wildman–Crippen LogP) is 2.61. The molecule has 0 aromatic heterocycles. The van der Waals surface area contributed by atoms with Gasteiger partial charge in [-0.15, -0.1) is 0 Å². The van der Waals surface area contributed by atoms with E-state index in [2.05, 4.69) is 0 Å². The van der Waals surface area contributed by atoms with Gasteiger partial charge in [0.15, 0.2) is 0 Å². The zero-order chi connectivity index (χ0) is 14.9. The number of nitrogens with zero attached hydrogens (tertiary/aromatic N) is 1. The van der Waals surface area contributed by atoms with E-state index in [0.29, 0.717) is 16.5 Å². The molecule has 1 fully saturated rings. The molecule has 1 aromatic rings. The predicted molar refractivity (Wildman–Crippen MR) is 79.9 cm³/mol. The number of hydrogen-bond acceptors (Lipinski definition) is 2. The van der Waals surface area contributed by atoms with Crippen LogP contribution in [-0.4, -0.2) is 35.0 Å². The van der Waals surface area contributed by atoms with E-state index in [0.717, 1.165) is 0 Å². The number of amides is 1. The summed E-state index contributed by atoms with van der Waals surface area (Å²) >= 11 is 1.86. The fraction of sp³-hybridized carbons (Fsp3) is 0.429. The zero-order valence-corrected chi connectivity index (χ0v) is 13.1.